The molecule has 0 saturated carbocycles. The molecule has 0 spiro atoms. The average molecular weight is 211 g/mol. The lowest BCUT2D eigenvalue weighted by molar-refractivity contribution is -0.119. The Morgan fingerprint density at radius 1 is 1.64 bits per heavy atom. The zero-order valence-corrected chi connectivity index (χ0v) is 8.93. The molecule has 3 nitrogen and oxygen atoms in total. The van der Waals surface area contributed by atoms with Crippen molar-refractivity contribution in [3.63, 3.8) is 0 Å². The van der Waals surface area contributed by atoms with E-state index in [0.29, 0.717) is 23.2 Å². The number of carbonyl (C=O) groups is 2. The van der Waals surface area contributed by atoms with Crippen LogP contribution in [-0.4, -0.2) is 18.7 Å². The van der Waals surface area contributed by atoms with Gasteiger partial charge in [0.25, 0.3) is 0 Å². The number of allylic oxidation sites excluding steroid dienone is 1. The predicted molar refractivity (Wildman–Crippen MR) is 58.8 cm³/mol. The standard InChI is InChI=1S/C10H13NO2S/c1-3-5-8(9(14)4-2)10(13)11-6-7-12/h2,7,14H,3,5-6H2,1H3,(H,11,13)/b9-8-. The number of thiol groups is 1. The predicted octanol–water partition coefficient (Wildman–Crippen LogP) is 0.919. The van der Waals surface area contributed by atoms with Crippen molar-refractivity contribution in [3.05, 3.63) is 10.5 Å². The Labute approximate surface area is 89.4 Å². The first-order chi connectivity index (χ1) is 6.67. The van der Waals surface area contributed by atoms with Crippen LogP contribution in [-0.2, 0) is 9.59 Å². The van der Waals surface area contributed by atoms with Gasteiger partial charge in [-0.25, -0.2) is 0 Å². The molecule has 0 saturated heterocycles. The molecule has 1 amide bonds. The lowest BCUT2D eigenvalue weighted by atomic mass is 10.1. The number of amides is 1. The van der Waals surface area contributed by atoms with Gasteiger partial charge in [-0.1, -0.05) is 19.3 Å². The van der Waals surface area contributed by atoms with Crippen LogP contribution in [0.25, 0.3) is 0 Å². The Kier molecular flexibility index (Phi) is 6.59. The molecule has 0 heterocycles. The van der Waals surface area contributed by atoms with Gasteiger partial charge in [0.15, 0.2) is 0 Å². The van der Waals surface area contributed by atoms with Crippen LogP contribution >= 0.6 is 12.6 Å². The number of hydrogen-bond acceptors (Lipinski definition) is 3. The van der Waals surface area contributed by atoms with E-state index in [9.17, 15) is 9.59 Å². The highest BCUT2D eigenvalue weighted by Gasteiger charge is 2.10. The van der Waals surface area contributed by atoms with Crippen molar-refractivity contribution in [2.24, 2.45) is 0 Å². The molecule has 0 radical (unpaired) electrons. The van der Waals surface area contributed by atoms with Gasteiger partial charge in [0.2, 0.25) is 5.91 Å². The van der Waals surface area contributed by atoms with E-state index in [-0.39, 0.29) is 12.5 Å². The third kappa shape index (κ3) is 4.15. The van der Waals surface area contributed by atoms with Gasteiger partial charge in [-0.05, 0) is 6.42 Å². The largest absolute Gasteiger partial charge is 0.345 e. The van der Waals surface area contributed by atoms with Crippen molar-refractivity contribution in [2.75, 3.05) is 6.54 Å². The fourth-order valence-electron chi connectivity index (χ4n) is 0.918. The highest BCUT2D eigenvalue weighted by molar-refractivity contribution is 7.85. The van der Waals surface area contributed by atoms with Crippen LogP contribution in [0, 0.1) is 12.3 Å². The summed E-state index contributed by atoms with van der Waals surface area (Å²) in [6.07, 6.45) is 7.12. The molecule has 0 aliphatic carbocycles. The van der Waals surface area contributed by atoms with E-state index >= 15 is 0 Å². The molecule has 0 aromatic heterocycles. The molecule has 0 unspecified atom stereocenters. The number of aldehydes is 1. The van der Waals surface area contributed by atoms with Gasteiger partial charge >= 0.3 is 0 Å². The number of carbonyl (C=O) groups excluding carboxylic acids is 2. The van der Waals surface area contributed by atoms with Gasteiger partial charge in [-0.15, -0.1) is 19.1 Å². The molecule has 0 aromatic rings. The molecular formula is C10H13NO2S. The second kappa shape index (κ2) is 7.22. The Bertz CT molecular complexity index is 289. The summed E-state index contributed by atoms with van der Waals surface area (Å²) >= 11 is 4.01. The van der Waals surface area contributed by atoms with Gasteiger partial charge in [-0.2, -0.15) is 0 Å². The highest BCUT2D eigenvalue weighted by atomic mass is 32.1. The van der Waals surface area contributed by atoms with E-state index in [1.165, 1.54) is 0 Å². The Morgan fingerprint density at radius 2 is 2.29 bits per heavy atom. The molecular weight excluding hydrogens is 198 g/mol. The Balaban J connectivity index is 4.59. The molecule has 0 atom stereocenters. The van der Waals surface area contributed by atoms with Crippen molar-refractivity contribution < 1.29 is 9.59 Å². The van der Waals surface area contributed by atoms with Crippen LogP contribution in [0.15, 0.2) is 10.5 Å². The number of hydrogen-bond donors (Lipinski definition) is 2. The van der Waals surface area contributed by atoms with Crippen molar-refractivity contribution in [1.29, 1.82) is 0 Å². The Hall–Kier alpha value is -1.21. The van der Waals surface area contributed by atoms with Gasteiger partial charge in [0.05, 0.1) is 11.4 Å². The normalized spacial score (nSPS) is 11.2. The van der Waals surface area contributed by atoms with Gasteiger partial charge in [0, 0.05) is 5.57 Å². The molecule has 0 aromatic carbocycles. The maximum absolute atomic E-state index is 11.4. The van der Waals surface area contributed by atoms with Crippen LogP contribution in [0.1, 0.15) is 19.8 Å². The van der Waals surface area contributed by atoms with Crippen molar-refractivity contribution in [1.82, 2.24) is 5.32 Å². The van der Waals surface area contributed by atoms with Crippen LogP contribution in [0.4, 0.5) is 0 Å². The fourth-order valence-corrected chi connectivity index (χ4v) is 1.13. The maximum Gasteiger partial charge on any atom is 0.249 e. The first kappa shape index (κ1) is 12.8. The van der Waals surface area contributed by atoms with E-state index in [2.05, 4.69) is 23.9 Å². The SMILES string of the molecule is C#C/C(S)=C(\CCC)C(=O)NCC=O. The summed E-state index contributed by atoms with van der Waals surface area (Å²) in [6, 6.07) is 0. The van der Waals surface area contributed by atoms with Crippen LogP contribution in [0.3, 0.4) is 0 Å². The van der Waals surface area contributed by atoms with E-state index < -0.39 is 0 Å². The maximum atomic E-state index is 11.4. The molecule has 0 aliphatic rings. The number of nitrogens with one attached hydrogen (secondary N) is 1. The minimum Gasteiger partial charge on any atom is -0.345 e. The zero-order chi connectivity index (χ0) is 11.0. The summed E-state index contributed by atoms with van der Waals surface area (Å²) in [4.78, 5) is 21.8. The summed E-state index contributed by atoms with van der Waals surface area (Å²) in [6.45, 7) is 1.93. The minimum absolute atomic E-state index is 0.00230. The highest BCUT2D eigenvalue weighted by Crippen LogP contribution is 2.13. The lowest BCUT2D eigenvalue weighted by Crippen LogP contribution is -2.27. The second-order valence-electron chi connectivity index (χ2n) is 2.60. The summed E-state index contributed by atoms with van der Waals surface area (Å²) in [5, 5.41) is 2.42. The zero-order valence-electron chi connectivity index (χ0n) is 8.04. The van der Waals surface area contributed by atoms with Crippen molar-refractivity contribution >= 4 is 24.8 Å². The smallest absolute Gasteiger partial charge is 0.249 e. The van der Waals surface area contributed by atoms with Gasteiger partial charge in [0.1, 0.15) is 6.29 Å². The summed E-state index contributed by atoms with van der Waals surface area (Å²) in [7, 11) is 0. The minimum atomic E-state index is -0.318. The van der Waals surface area contributed by atoms with E-state index in [1.54, 1.807) is 0 Å². The topological polar surface area (TPSA) is 46.2 Å². The molecule has 0 fully saturated rings. The molecule has 0 bridgehead atoms. The molecule has 14 heavy (non-hydrogen) atoms. The second-order valence-corrected chi connectivity index (χ2v) is 3.05. The average Bonchev–Trinajstić information content (AvgIpc) is 2.21. The van der Waals surface area contributed by atoms with E-state index in [4.69, 9.17) is 6.42 Å². The van der Waals surface area contributed by atoms with Crippen LogP contribution in [0.5, 0.6) is 0 Å². The summed E-state index contributed by atoms with van der Waals surface area (Å²) in [5.41, 5.74) is 0.459. The van der Waals surface area contributed by atoms with Crippen LogP contribution < -0.4 is 5.32 Å². The first-order valence-corrected chi connectivity index (χ1v) is 4.72. The third-order valence-corrected chi connectivity index (χ3v) is 1.94. The van der Waals surface area contributed by atoms with E-state index in [1.807, 2.05) is 6.92 Å². The Morgan fingerprint density at radius 3 is 2.71 bits per heavy atom. The summed E-state index contributed by atoms with van der Waals surface area (Å²) < 4.78 is 0. The monoisotopic (exact) mass is 211 g/mol. The molecule has 0 rings (SSSR count). The fraction of sp³-hybridized carbons (Fsp3) is 0.400. The number of rotatable bonds is 5. The van der Waals surface area contributed by atoms with E-state index in [0.717, 1.165) is 6.42 Å². The molecule has 1 N–H and O–H groups in total. The van der Waals surface area contributed by atoms with Gasteiger partial charge < -0.3 is 10.1 Å². The first-order valence-electron chi connectivity index (χ1n) is 4.27. The molecule has 0 aliphatic heterocycles. The number of terminal acetylenes is 1. The van der Waals surface area contributed by atoms with Crippen molar-refractivity contribution in [2.45, 2.75) is 19.8 Å². The van der Waals surface area contributed by atoms with Gasteiger partial charge in [-0.3, -0.25) is 4.79 Å². The third-order valence-electron chi connectivity index (χ3n) is 1.54. The van der Waals surface area contributed by atoms with Crippen LogP contribution in [0.2, 0.25) is 0 Å². The lowest BCUT2D eigenvalue weighted by Gasteiger charge is -2.06. The quantitative estimate of drug-likeness (QED) is 0.307. The summed E-state index contributed by atoms with van der Waals surface area (Å²) in [5.74, 6) is 1.98. The molecule has 4 heteroatoms. The van der Waals surface area contributed by atoms with Crippen molar-refractivity contribution in [3.8, 4) is 12.3 Å². The molecule has 76 valence electrons.